The van der Waals surface area contributed by atoms with Crippen molar-refractivity contribution in [2.45, 2.75) is 52.6 Å². The fourth-order valence-electron chi connectivity index (χ4n) is 5.39. The summed E-state index contributed by atoms with van der Waals surface area (Å²) in [6, 6.07) is 19.9. The van der Waals surface area contributed by atoms with E-state index < -0.39 is 6.10 Å². The molecule has 4 heteroatoms. The fraction of sp³-hybridized carbons (Fsp3) is 0.379. The summed E-state index contributed by atoms with van der Waals surface area (Å²) in [6.07, 6.45) is 3.60. The number of ether oxygens (including phenoxy) is 2. The first-order valence-electron chi connectivity index (χ1n) is 11.5. The van der Waals surface area contributed by atoms with Crippen LogP contribution in [0.3, 0.4) is 0 Å². The summed E-state index contributed by atoms with van der Waals surface area (Å²) in [4.78, 5) is 13.3. The van der Waals surface area contributed by atoms with E-state index in [4.69, 9.17) is 9.47 Å². The Bertz CT molecular complexity index is 1150. The molecule has 0 saturated heterocycles. The Labute approximate surface area is 196 Å². The van der Waals surface area contributed by atoms with Crippen molar-refractivity contribution < 1.29 is 14.3 Å². The van der Waals surface area contributed by atoms with Crippen LogP contribution < -0.4 is 4.74 Å². The minimum atomic E-state index is -0.966. The molecule has 2 aromatic rings. The minimum Gasteiger partial charge on any atom is -0.462 e. The minimum absolute atomic E-state index is 0.174. The highest BCUT2D eigenvalue weighted by atomic mass is 16.5. The van der Waals surface area contributed by atoms with Crippen LogP contribution in [0, 0.1) is 35.5 Å². The Morgan fingerprint density at radius 1 is 1.09 bits per heavy atom. The van der Waals surface area contributed by atoms with E-state index >= 15 is 0 Å². The summed E-state index contributed by atoms with van der Waals surface area (Å²) in [6.45, 7) is 10.5. The molecule has 4 atom stereocenters. The van der Waals surface area contributed by atoms with Crippen LogP contribution in [0.25, 0.3) is 0 Å². The van der Waals surface area contributed by atoms with Gasteiger partial charge in [-0.1, -0.05) is 76.2 Å². The normalized spacial score (nSPS) is 26.3. The molecule has 0 aliphatic heterocycles. The summed E-state index contributed by atoms with van der Waals surface area (Å²) in [5.41, 5.74) is 2.40. The van der Waals surface area contributed by atoms with Crippen molar-refractivity contribution in [3.63, 3.8) is 0 Å². The molecule has 2 aliphatic rings. The Hall–Kier alpha value is -3.32. The number of benzene rings is 2. The molecule has 1 saturated carbocycles. The number of nitrogens with zero attached hydrogens (tertiary/aromatic N) is 1. The van der Waals surface area contributed by atoms with Crippen LogP contribution in [0.1, 0.15) is 45.2 Å². The van der Waals surface area contributed by atoms with Crippen LogP contribution in [0.5, 0.6) is 5.75 Å². The molecular weight excluding hydrogens is 410 g/mol. The number of esters is 1. The number of para-hydroxylation sites is 1. The van der Waals surface area contributed by atoms with Gasteiger partial charge in [0.25, 0.3) is 0 Å². The van der Waals surface area contributed by atoms with Crippen LogP contribution in [-0.4, -0.2) is 12.1 Å². The lowest BCUT2D eigenvalue weighted by Gasteiger charge is -2.22. The Kier molecular flexibility index (Phi) is 5.93. The number of hydrogen-bond donors (Lipinski definition) is 0. The Morgan fingerprint density at radius 3 is 2.42 bits per heavy atom. The topological polar surface area (TPSA) is 59.3 Å². The summed E-state index contributed by atoms with van der Waals surface area (Å²) < 4.78 is 11.9. The lowest BCUT2D eigenvalue weighted by molar-refractivity contribution is -0.147. The van der Waals surface area contributed by atoms with E-state index in [1.54, 1.807) is 0 Å². The second-order valence-electron chi connectivity index (χ2n) is 9.99. The van der Waals surface area contributed by atoms with Crippen LogP contribution in [-0.2, 0) is 14.9 Å². The van der Waals surface area contributed by atoms with Gasteiger partial charge in [-0.15, -0.1) is 0 Å². The number of carbonyl (C=O) groups excluding carboxylic acids is 1. The van der Waals surface area contributed by atoms with E-state index in [-0.39, 0.29) is 28.6 Å². The predicted octanol–water partition coefficient (Wildman–Crippen LogP) is 6.27. The van der Waals surface area contributed by atoms with Crippen molar-refractivity contribution in [2.75, 3.05) is 0 Å². The van der Waals surface area contributed by atoms with Crippen molar-refractivity contribution in [1.29, 1.82) is 5.26 Å². The molecule has 1 fully saturated rings. The number of aryl methyl sites for hydroxylation is 1. The summed E-state index contributed by atoms with van der Waals surface area (Å²) >= 11 is 0. The number of carbonyl (C=O) groups is 1. The first kappa shape index (κ1) is 22.9. The van der Waals surface area contributed by atoms with Gasteiger partial charge in [-0.25, -0.2) is 0 Å². The largest absolute Gasteiger partial charge is 0.462 e. The Morgan fingerprint density at radius 2 is 1.76 bits per heavy atom. The first-order valence-corrected chi connectivity index (χ1v) is 11.5. The highest BCUT2D eigenvalue weighted by Crippen LogP contribution is 2.70. The smallest absolute Gasteiger partial charge is 0.312 e. The van der Waals surface area contributed by atoms with E-state index in [0.29, 0.717) is 5.57 Å². The second-order valence-corrected chi connectivity index (χ2v) is 9.99. The summed E-state index contributed by atoms with van der Waals surface area (Å²) in [5, 5.41) is 9.87. The van der Waals surface area contributed by atoms with Crippen LogP contribution in [0.4, 0.5) is 0 Å². The average Bonchev–Trinajstić information content (AvgIpc) is 3.24. The van der Waals surface area contributed by atoms with Crippen molar-refractivity contribution in [3.05, 3.63) is 89.2 Å². The third kappa shape index (κ3) is 4.09. The number of rotatable bonds is 6. The van der Waals surface area contributed by atoms with Crippen molar-refractivity contribution >= 4 is 5.97 Å². The maximum absolute atomic E-state index is 13.3. The van der Waals surface area contributed by atoms with E-state index in [1.807, 2.05) is 54.6 Å². The standard InChI is InChI=1S/C29H31NO3/c1-19-15-21(17-23(16-19)32-22-12-7-6-8-13-22)25(18-30)33-27(31)26-28(3,4)29(26,5)24-14-10-9-11-20(24)2/h6-15,17,19,25-26H,16H2,1-5H3. The zero-order valence-corrected chi connectivity index (χ0v) is 20.0. The van der Waals surface area contributed by atoms with E-state index in [2.05, 4.69) is 52.8 Å². The van der Waals surface area contributed by atoms with Gasteiger partial charge in [0, 0.05) is 17.4 Å². The second kappa shape index (κ2) is 8.56. The highest BCUT2D eigenvalue weighted by Gasteiger charge is 2.73. The molecule has 0 aromatic heterocycles. The zero-order valence-electron chi connectivity index (χ0n) is 20.0. The Balaban J connectivity index is 1.53. The monoisotopic (exact) mass is 441 g/mol. The van der Waals surface area contributed by atoms with E-state index in [0.717, 1.165) is 29.1 Å². The van der Waals surface area contributed by atoms with Gasteiger partial charge in [0.05, 0.1) is 5.92 Å². The van der Waals surface area contributed by atoms with E-state index in [9.17, 15) is 10.1 Å². The SMILES string of the molecule is Cc1ccccc1C1(C)C(C(=O)OC(C#N)C2=CC(C)CC(Oc3ccccc3)=C2)C1(C)C. The predicted molar refractivity (Wildman–Crippen MR) is 128 cm³/mol. The zero-order chi connectivity index (χ0) is 23.8. The molecule has 4 unspecified atom stereocenters. The van der Waals surface area contributed by atoms with Gasteiger partial charge in [0.2, 0.25) is 6.10 Å². The molecule has 4 nitrogen and oxygen atoms in total. The first-order chi connectivity index (χ1) is 15.7. The molecule has 0 spiro atoms. The van der Waals surface area contributed by atoms with Crippen LogP contribution in [0.15, 0.2) is 78.1 Å². The van der Waals surface area contributed by atoms with Gasteiger partial charge in [-0.05, 0) is 47.6 Å². The van der Waals surface area contributed by atoms with Gasteiger partial charge in [0.15, 0.2) is 0 Å². The molecule has 0 bridgehead atoms. The van der Waals surface area contributed by atoms with Crippen molar-refractivity contribution in [1.82, 2.24) is 0 Å². The molecule has 0 radical (unpaired) electrons. The molecule has 33 heavy (non-hydrogen) atoms. The summed E-state index contributed by atoms with van der Waals surface area (Å²) in [7, 11) is 0. The number of allylic oxidation sites excluding steroid dienone is 2. The molecule has 0 heterocycles. The van der Waals surface area contributed by atoms with Crippen molar-refractivity contribution in [2.24, 2.45) is 17.3 Å². The molecule has 0 N–H and O–H groups in total. The number of hydrogen-bond acceptors (Lipinski definition) is 4. The van der Waals surface area contributed by atoms with Crippen LogP contribution in [0.2, 0.25) is 0 Å². The van der Waals surface area contributed by atoms with Crippen molar-refractivity contribution in [3.8, 4) is 11.8 Å². The highest BCUT2D eigenvalue weighted by molar-refractivity contribution is 5.82. The van der Waals surface area contributed by atoms with Gasteiger partial charge >= 0.3 is 5.97 Å². The molecular formula is C29H31NO3. The van der Waals surface area contributed by atoms with Gasteiger partial charge in [-0.2, -0.15) is 5.26 Å². The molecule has 2 aliphatic carbocycles. The third-order valence-corrected chi connectivity index (χ3v) is 7.47. The molecule has 0 amide bonds. The van der Waals surface area contributed by atoms with Crippen LogP contribution >= 0.6 is 0 Å². The van der Waals surface area contributed by atoms with Gasteiger partial charge in [-0.3, -0.25) is 4.79 Å². The molecule has 2 aromatic carbocycles. The third-order valence-electron chi connectivity index (χ3n) is 7.47. The van der Waals surface area contributed by atoms with Gasteiger partial charge < -0.3 is 9.47 Å². The lowest BCUT2D eigenvalue weighted by Crippen LogP contribution is -2.24. The summed E-state index contributed by atoms with van der Waals surface area (Å²) in [5.74, 6) is 1.05. The average molecular weight is 442 g/mol. The van der Waals surface area contributed by atoms with Gasteiger partial charge in [0.1, 0.15) is 17.6 Å². The molecule has 4 rings (SSSR count). The fourth-order valence-corrected chi connectivity index (χ4v) is 5.39. The van der Waals surface area contributed by atoms with E-state index in [1.165, 1.54) is 0 Å². The lowest BCUT2D eigenvalue weighted by atomic mass is 9.87. The quantitative estimate of drug-likeness (QED) is 0.496. The molecule has 170 valence electrons. The maximum Gasteiger partial charge on any atom is 0.312 e. The maximum atomic E-state index is 13.3. The number of nitriles is 1.